The van der Waals surface area contributed by atoms with Crippen LogP contribution in [-0.4, -0.2) is 22.1 Å². The highest BCUT2D eigenvalue weighted by atomic mass is 19.1. The molecule has 0 fully saturated rings. The van der Waals surface area contributed by atoms with E-state index in [9.17, 15) is 14.0 Å². The van der Waals surface area contributed by atoms with Crippen LogP contribution in [0.4, 0.5) is 14.0 Å². The normalized spacial score (nSPS) is 18.6. The predicted molar refractivity (Wildman–Crippen MR) is 65.8 cm³/mol. The Kier molecular flexibility index (Phi) is 3.39. The fourth-order valence-corrected chi connectivity index (χ4v) is 2.06. The number of halogens is 1. The number of imide groups is 1. The van der Waals surface area contributed by atoms with Crippen molar-refractivity contribution in [1.29, 1.82) is 5.26 Å². The molecule has 1 unspecified atom stereocenters. The minimum Gasteiger partial charge on any atom is -0.464 e. The van der Waals surface area contributed by atoms with E-state index >= 15 is 0 Å². The Balaban J connectivity index is 2.58. The van der Waals surface area contributed by atoms with E-state index in [0.29, 0.717) is 4.90 Å². The lowest BCUT2D eigenvalue weighted by molar-refractivity contribution is 0.154. The Morgan fingerprint density at radius 2 is 2.15 bits per heavy atom. The van der Waals surface area contributed by atoms with Gasteiger partial charge < -0.3 is 10.4 Å². The highest BCUT2D eigenvalue weighted by Gasteiger charge is 2.36. The molecule has 0 aliphatic carbocycles. The van der Waals surface area contributed by atoms with E-state index in [1.54, 1.807) is 6.07 Å². The molecule has 0 spiro atoms. The lowest BCUT2D eigenvalue weighted by Crippen LogP contribution is -2.48. The average molecular weight is 275 g/mol. The third-order valence-electron chi connectivity index (χ3n) is 3.01. The van der Waals surface area contributed by atoms with Gasteiger partial charge in [-0.3, -0.25) is 0 Å². The number of urea groups is 1. The Bertz CT molecular complexity index is 663. The number of carbonyl (C=O) groups is 2. The van der Waals surface area contributed by atoms with Crippen LogP contribution in [0.5, 0.6) is 0 Å². The van der Waals surface area contributed by atoms with Gasteiger partial charge in [-0.1, -0.05) is 18.2 Å². The van der Waals surface area contributed by atoms with E-state index in [1.165, 1.54) is 25.1 Å². The van der Waals surface area contributed by atoms with Crippen molar-refractivity contribution in [1.82, 2.24) is 10.2 Å². The molecule has 0 saturated carbocycles. The first-order valence-corrected chi connectivity index (χ1v) is 5.66. The molecule has 0 radical (unpaired) electrons. The first-order chi connectivity index (χ1) is 9.47. The number of nitriles is 1. The number of carbonyl (C=O) groups excluding carboxylic acids is 1. The Hall–Kier alpha value is -2.88. The fraction of sp³-hybridized carbons (Fsp3) is 0.154. The smallest absolute Gasteiger partial charge is 0.419 e. The van der Waals surface area contributed by atoms with Crippen LogP contribution >= 0.6 is 0 Å². The van der Waals surface area contributed by atoms with Crippen molar-refractivity contribution < 1.29 is 19.1 Å². The summed E-state index contributed by atoms with van der Waals surface area (Å²) >= 11 is 0. The van der Waals surface area contributed by atoms with Gasteiger partial charge in [0.25, 0.3) is 0 Å². The first kappa shape index (κ1) is 13.5. The van der Waals surface area contributed by atoms with Gasteiger partial charge in [0, 0.05) is 11.3 Å². The van der Waals surface area contributed by atoms with Crippen molar-refractivity contribution in [2.45, 2.75) is 13.0 Å². The average Bonchev–Trinajstić information content (AvgIpc) is 2.38. The van der Waals surface area contributed by atoms with Gasteiger partial charge >= 0.3 is 12.1 Å². The summed E-state index contributed by atoms with van der Waals surface area (Å²) in [6, 6.07) is 5.60. The van der Waals surface area contributed by atoms with Crippen LogP contribution in [0.3, 0.4) is 0 Å². The van der Waals surface area contributed by atoms with Gasteiger partial charge in [-0.15, -0.1) is 0 Å². The Morgan fingerprint density at radius 3 is 2.70 bits per heavy atom. The SMILES string of the molecule is CC1=C(C#N)C(c2ccccc2F)NC(=O)N1C(=O)O. The van der Waals surface area contributed by atoms with Crippen molar-refractivity contribution in [2.75, 3.05) is 0 Å². The maximum Gasteiger partial charge on any atom is 0.419 e. The molecule has 2 N–H and O–H groups in total. The number of allylic oxidation sites excluding steroid dienone is 1. The van der Waals surface area contributed by atoms with Gasteiger partial charge in [0.05, 0.1) is 17.7 Å². The second-order valence-corrected chi connectivity index (χ2v) is 4.13. The molecule has 1 atom stereocenters. The second kappa shape index (κ2) is 5.01. The van der Waals surface area contributed by atoms with E-state index in [1.807, 2.05) is 6.07 Å². The van der Waals surface area contributed by atoms with Crippen molar-refractivity contribution in [3.05, 3.63) is 46.9 Å². The van der Waals surface area contributed by atoms with Gasteiger partial charge in [0.2, 0.25) is 0 Å². The number of carboxylic acid groups (broad SMARTS) is 1. The topological polar surface area (TPSA) is 93.4 Å². The first-order valence-electron chi connectivity index (χ1n) is 5.66. The minimum absolute atomic E-state index is 0.0166. The van der Waals surface area contributed by atoms with Crippen LogP contribution < -0.4 is 5.32 Å². The third kappa shape index (κ3) is 2.07. The van der Waals surface area contributed by atoms with Crippen molar-refractivity contribution in [3.8, 4) is 6.07 Å². The summed E-state index contributed by atoms with van der Waals surface area (Å²) in [5.74, 6) is -0.581. The maximum absolute atomic E-state index is 13.8. The zero-order chi connectivity index (χ0) is 14.9. The quantitative estimate of drug-likeness (QED) is 0.822. The van der Waals surface area contributed by atoms with Crippen molar-refractivity contribution in [2.24, 2.45) is 0 Å². The Morgan fingerprint density at radius 1 is 1.50 bits per heavy atom. The van der Waals surface area contributed by atoms with E-state index in [0.717, 1.165) is 0 Å². The van der Waals surface area contributed by atoms with Crippen LogP contribution in [0.15, 0.2) is 35.5 Å². The molecule has 6 nitrogen and oxygen atoms in total. The van der Waals surface area contributed by atoms with Gasteiger partial charge in [-0.2, -0.15) is 5.26 Å². The van der Waals surface area contributed by atoms with E-state index < -0.39 is 24.0 Å². The summed E-state index contributed by atoms with van der Waals surface area (Å²) in [5.41, 5.74) is 0.0656. The molecular formula is C13H10FN3O3. The molecule has 7 heteroatoms. The standard InChI is InChI=1S/C13H10FN3O3/c1-7-9(6-15)11(8-4-2-3-5-10(8)14)16-12(18)17(7)13(19)20/h2-5,11H,1H3,(H,16,18)(H,19,20). The molecule has 0 saturated heterocycles. The van der Waals surface area contributed by atoms with Crippen molar-refractivity contribution >= 4 is 12.1 Å². The molecule has 0 bridgehead atoms. The second-order valence-electron chi connectivity index (χ2n) is 4.13. The molecule has 20 heavy (non-hydrogen) atoms. The molecule has 2 rings (SSSR count). The zero-order valence-corrected chi connectivity index (χ0v) is 10.4. The van der Waals surface area contributed by atoms with Crippen molar-refractivity contribution in [3.63, 3.8) is 0 Å². The number of benzene rings is 1. The minimum atomic E-state index is -1.50. The number of nitrogens with zero attached hydrogens (tertiary/aromatic N) is 2. The van der Waals surface area contributed by atoms with Crippen LogP contribution in [0, 0.1) is 17.1 Å². The van der Waals surface area contributed by atoms with Crippen LogP contribution in [-0.2, 0) is 0 Å². The number of hydrogen-bond donors (Lipinski definition) is 2. The summed E-state index contributed by atoms with van der Waals surface area (Å²) < 4.78 is 13.8. The van der Waals surface area contributed by atoms with Crippen LogP contribution in [0.1, 0.15) is 18.5 Å². The summed E-state index contributed by atoms with van der Waals surface area (Å²) in [4.78, 5) is 23.2. The molecule has 1 aromatic rings. The molecular weight excluding hydrogens is 265 g/mol. The number of rotatable bonds is 1. The summed E-state index contributed by atoms with van der Waals surface area (Å²) in [6.07, 6.45) is -1.50. The Labute approximate surface area is 113 Å². The zero-order valence-electron chi connectivity index (χ0n) is 10.4. The predicted octanol–water partition coefficient (Wildman–Crippen LogP) is 2.37. The van der Waals surface area contributed by atoms with E-state index in [-0.39, 0.29) is 16.8 Å². The lowest BCUT2D eigenvalue weighted by Gasteiger charge is -2.31. The number of nitrogens with one attached hydrogen (secondary N) is 1. The maximum atomic E-state index is 13.8. The number of hydrogen-bond acceptors (Lipinski definition) is 3. The molecule has 102 valence electrons. The fourth-order valence-electron chi connectivity index (χ4n) is 2.06. The molecule has 1 aliphatic heterocycles. The summed E-state index contributed by atoms with van der Waals surface area (Å²) in [5, 5.41) is 20.4. The summed E-state index contributed by atoms with van der Waals surface area (Å²) in [7, 11) is 0. The molecule has 0 aromatic heterocycles. The lowest BCUT2D eigenvalue weighted by atomic mass is 9.95. The van der Waals surface area contributed by atoms with Crippen LogP contribution in [0.2, 0.25) is 0 Å². The van der Waals surface area contributed by atoms with Gasteiger partial charge in [0.1, 0.15) is 5.82 Å². The van der Waals surface area contributed by atoms with Crippen LogP contribution in [0.25, 0.3) is 0 Å². The summed E-state index contributed by atoms with van der Waals surface area (Å²) in [6.45, 7) is 1.33. The van der Waals surface area contributed by atoms with Gasteiger partial charge in [-0.05, 0) is 13.0 Å². The number of amides is 3. The highest BCUT2D eigenvalue weighted by molar-refractivity contribution is 5.94. The monoisotopic (exact) mass is 275 g/mol. The van der Waals surface area contributed by atoms with E-state index in [2.05, 4.69) is 5.32 Å². The largest absolute Gasteiger partial charge is 0.464 e. The van der Waals surface area contributed by atoms with E-state index in [4.69, 9.17) is 10.4 Å². The molecule has 1 heterocycles. The van der Waals surface area contributed by atoms with Gasteiger partial charge in [-0.25, -0.2) is 18.9 Å². The molecule has 1 aliphatic rings. The third-order valence-corrected chi connectivity index (χ3v) is 3.01. The highest BCUT2D eigenvalue weighted by Crippen LogP contribution is 2.31. The van der Waals surface area contributed by atoms with Gasteiger partial charge in [0.15, 0.2) is 0 Å². The molecule has 1 aromatic carbocycles. The molecule has 3 amide bonds.